The average molecular weight is 305 g/mol. The standard InChI is InChI=1S/C15H15NO4S/c1-16(14-5-3-2-4-6-14)21(19,20)11-12-7-9-13(10-8-12)15(17)18/h2-10H,11H2,1H3,(H,17,18). The third-order valence-corrected chi connectivity index (χ3v) is 4.83. The van der Waals surface area contributed by atoms with Gasteiger partial charge in [-0.25, -0.2) is 13.2 Å². The minimum Gasteiger partial charge on any atom is -0.478 e. The largest absolute Gasteiger partial charge is 0.478 e. The highest BCUT2D eigenvalue weighted by Gasteiger charge is 2.19. The van der Waals surface area contributed by atoms with Crippen molar-refractivity contribution in [3.8, 4) is 0 Å². The quantitative estimate of drug-likeness (QED) is 0.920. The number of anilines is 1. The minimum absolute atomic E-state index is 0.132. The molecule has 0 aliphatic carbocycles. The molecule has 0 amide bonds. The first-order valence-electron chi connectivity index (χ1n) is 6.24. The Labute approximate surface area is 123 Å². The molecule has 0 aliphatic rings. The van der Waals surface area contributed by atoms with E-state index in [1.807, 2.05) is 6.07 Å². The lowest BCUT2D eigenvalue weighted by molar-refractivity contribution is 0.0697. The number of carboxylic acid groups (broad SMARTS) is 1. The molecule has 0 aliphatic heterocycles. The second-order valence-electron chi connectivity index (χ2n) is 4.56. The van der Waals surface area contributed by atoms with E-state index in [9.17, 15) is 13.2 Å². The molecule has 0 spiro atoms. The van der Waals surface area contributed by atoms with Crippen molar-refractivity contribution in [1.29, 1.82) is 0 Å². The highest BCUT2D eigenvalue weighted by Crippen LogP contribution is 2.18. The van der Waals surface area contributed by atoms with Gasteiger partial charge in [0.25, 0.3) is 0 Å². The minimum atomic E-state index is -3.51. The lowest BCUT2D eigenvalue weighted by Crippen LogP contribution is -2.27. The molecule has 0 aromatic heterocycles. The highest BCUT2D eigenvalue weighted by molar-refractivity contribution is 7.92. The average Bonchev–Trinajstić information content (AvgIpc) is 2.47. The predicted octanol–water partition coefficient (Wildman–Crippen LogP) is 2.35. The number of para-hydroxylation sites is 1. The van der Waals surface area contributed by atoms with Gasteiger partial charge < -0.3 is 5.11 Å². The summed E-state index contributed by atoms with van der Waals surface area (Å²) in [6, 6.07) is 14.6. The zero-order chi connectivity index (χ0) is 15.5. The van der Waals surface area contributed by atoms with Gasteiger partial charge in [-0.2, -0.15) is 0 Å². The fourth-order valence-corrected chi connectivity index (χ4v) is 3.10. The molecule has 1 N–H and O–H groups in total. The number of carbonyl (C=O) groups is 1. The van der Waals surface area contributed by atoms with Crippen LogP contribution < -0.4 is 4.31 Å². The number of hydrogen-bond acceptors (Lipinski definition) is 3. The van der Waals surface area contributed by atoms with Crippen LogP contribution in [0.2, 0.25) is 0 Å². The Morgan fingerprint density at radius 3 is 2.14 bits per heavy atom. The number of nitrogens with zero attached hydrogens (tertiary/aromatic N) is 1. The van der Waals surface area contributed by atoms with Gasteiger partial charge in [0.05, 0.1) is 17.0 Å². The van der Waals surface area contributed by atoms with Crippen molar-refractivity contribution < 1.29 is 18.3 Å². The van der Waals surface area contributed by atoms with Gasteiger partial charge in [0.15, 0.2) is 0 Å². The van der Waals surface area contributed by atoms with E-state index in [-0.39, 0.29) is 11.3 Å². The third-order valence-electron chi connectivity index (χ3n) is 3.09. The molecule has 21 heavy (non-hydrogen) atoms. The number of rotatable bonds is 5. The van der Waals surface area contributed by atoms with E-state index in [2.05, 4.69) is 0 Å². The van der Waals surface area contributed by atoms with E-state index in [4.69, 9.17) is 5.11 Å². The van der Waals surface area contributed by atoms with Crippen molar-refractivity contribution in [2.75, 3.05) is 11.4 Å². The first kappa shape index (κ1) is 15.1. The fraction of sp³-hybridized carbons (Fsp3) is 0.133. The Balaban J connectivity index is 2.19. The number of benzene rings is 2. The molecule has 5 nitrogen and oxygen atoms in total. The molecule has 2 rings (SSSR count). The molecule has 0 saturated carbocycles. The topological polar surface area (TPSA) is 74.7 Å². The van der Waals surface area contributed by atoms with Crippen LogP contribution in [0.3, 0.4) is 0 Å². The molecular weight excluding hydrogens is 290 g/mol. The van der Waals surface area contributed by atoms with Crippen molar-refractivity contribution in [2.45, 2.75) is 5.75 Å². The van der Waals surface area contributed by atoms with Gasteiger partial charge in [-0.05, 0) is 29.8 Å². The van der Waals surface area contributed by atoms with Crippen LogP contribution in [0, 0.1) is 0 Å². The number of aromatic carboxylic acids is 1. The van der Waals surface area contributed by atoms with Crippen molar-refractivity contribution in [2.24, 2.45) is 0 Å². The summed E-state index contributed by atoms with van der Waals surface area (Å²) >= 11 is 0. The Morgan fingerprint density at radius 1 is 1.05 bits per heavy atom. The third kappa shape index (κ3) is 3.61. The van der Waals surface area contributed by atoms with Crippen LogP contribution in [0.15, 0.2) is 54.6 Å². The maximum atomic E-state index is 12.3. The zero-order valence-corrected chi connectivity index (χ0v) is 12.2. The molecule has 0 saturated heterocycles. The lowest BCUT2D eigenvalue weighted by Gasteiger charge is -2.19. The van der Waals surface area contributed by atoms with Crippen molar-refractivity contribution in [1.82, 2.24) is 0 Å². The smallest absolute Gasteiger partial charge is 0.335 e. The van der Waals surface area contributed by atoms with Gasteiger partial charge in [0.2, 0.25) is 10.0 Å². The van der Waals surface area contributed by atoms with Crippen LogP contribution in [0.1, 0.15) is 15.9 Å². The maximum absolute atomic E-state index is 12.3. The number of sulfonamides is 1. The molecule has 6 heteroatoms. The highest BCUT2D eigenvalue weighted by atomic mass is 32.2. The molecule has 2 aromatic carbocycles. The predicted molar refractivity (Wildman–Crippen MR) is 80.9 cm³/mol. The monoisotopic (exact) mass is 305 g/mol. The molecule has 0 bridgehead atoms. The molecule has 0 radical (unpaired) electrons. The van der Waals surface area contributed by atoms with E-state index in [1.54, 1.807) is 24.3 Å². The Morgan fingerprint density at radius 2 is 1.62 bits per heavy atom. The second-order valence-corrected chi connectivity index (χ2v) is 6.56. The normalized spacial score (nSPS) is 11.1. The summed E-state index contributed by atoms with van der Waals surface area (Å²) < 4.78 is 25.9. The summed E-state index contributed by atoms with van der Waals surface area (Å²) in [6.07, 6.45) is 0. The Hall–Kier alpha value is -2.34. The zero-order valence-electron chi connectivity index (χ0n) is 11.4. The van der Waals surface area contributed by atoms with Crippen molar-refractivity contribution in [3.63, 3.8) is 0 Å². The maximum Gasteiger partial charge on any atom is 0.335 e. The molecule has 110 valence electrons. The van der Waals surface area contributed by atoms with Crippen LogP contribution in [0.4, 0.5) is 5.69 Å². The van der Waals surface area contributed by atoms with Gasteiger partial charge in [-0.3, -0.25) is 4.31 Å². The van der Waals surface area contributed by atoms with Crippen LogP contribution in [-0.2, 0) is 15.8 Å². The van der Waals surface area contributed by atoms with Crippen LogP contribution in [0.25, 0.3) is 0 Å². The van der Waals surface area contributed by atoms with E-state index in [1.165, 1.54) is 35.6 Å². The Bertz CT molecular complexity index is 724. The molecular formula is C15H15NO4S. The summed E-state index contributed by atoms with van der Waals surface area (Å²) in [6.45, 7) is 0. The summed E-state index contributed by atoms with van der Waals surface area (Å²) in [5, 5.41) is 8.82. The van der Waals surface area contributed by atoms with Gasteiger partial charge in [-0.1, -0.05) is 30.3 Å². The summed E-state index contributed by atoms with van der Waals surface area (Å²) in [4.78, 5) is 10.8. The molecule has 0 atom stereocenters. The fourth-order valence-electron chi connectivity index (χ4n) is 1.85. The van der Waals surface area contributed by atoms with Crippen LogP contribution >= 0.6 is 0 Å². The van der Waals surface area contributed by atoms with Crippen molar-refractivity contribution >= 4 is 21.7 Å². The van der Waals surface area contributed by atoms with Gasteiger partial charge >= 0.3 is 5.97 Å². The Kier molecular flexibility index (Phi) is 4.28. The van der Waals surface area contributed by atoms with Gasteiger partial charge in [0.1, 0.15) is 0 Å². The molecule has 2 aromatic rings. The van der Waals surface area contributed by atoms with E-state index < -0.39 is 16.0 Å². The van der Waals surface area contributed by atoms with E-state index in [0.29, 0.717) is 11.3 Å². The second kappa shape index (κ2) is 5.97. The first-order valence-corrected chi connectivity index (χ1v) is 7.85. The molecule has 0 heterocycles. The van der Waals surface area contributed by atoms with E-state index >= 15 is 0 Å². The SMILES string of the molecule is CN(c1ccccc1)S(=O)(=O)Cc1ccc(C(=O)O)cc1. The van der Waals surface area contributed by atoms with E-state index in [0.717, 1.165) is 0 Å². The summed E-state index contributed by atoms with van der Waals surface area (Å²) in [7, 11) is -2.02. The van der Waals surface area contributed by atoms with Gasteiger partial charge in [0, 0.05) is 7.05 Å². The number of hydrogen-bond donors (Lipinski definition) is 1. The first-order chi connectivity index (χ1) is 9.90. The van der Waals surface area contributed by atoms with Crippen molar-refractivity contribution in [3.05, 3.63) is 65.7 Å². The summed E-state index contributed by atoms with van der Waals surface area (Å²) in [5.74, 6) is -1.22. The molecule has 0 unspecified atom stereocenters. The van der Waals surface area contributed by atoms with Crippen LogP contribution in [-0.4, -0.2) is 26.5 Å². The van der Waals surface area contributed by atoms with Gasteiger partial charge in [-0.15, -0.1) is 0 Å². The molecule has 0 fully saturated rings. The lowest BCUT2D eigenvalue weighted by atomic mass is 10.1. The summed E-state index contributed by atoms with van der Waals surface area (Å²) in [5.41, 5.74) is 1.26. The number of carboxylic acids is 1. The van der Waals surface area contributed by atoms with Crippen LogP contribution in [0.5, 0.6) is 0 Å².